The first-order chi connectivity index (χ1) is 7.88. The van der Waals surface area contributed by atoms with Crippen LogP contribution in [0.25, 0.3) is 0 Å². The molecule has 0 aliphatic rings. The van der Waals surface area contributed by atoms with Gasteiger partial charge in [0.2, 0.25) is 0 Å². The van der Waals surface area contributed by atoms with Gasteiger partial charge in [-0.3, -0.25) is 0 Å². The van der Waals surface area contributed by atoms with Crippen molar-refractivity contribution in [1.82, 2.24) is 0 Å². The zero-order chi connectivity index (χ0) is 11.2. The van der Waals surface area contributed by atoms with Crippen LogP contribution in [0.1, 0.15) is 0 Å². The Morgan fingerprint density at radius 1 is 0.875 bits per heavy atom. The van der Waals surface area contributed by atoms with Gasteiger partial charge in [0.05, 0.1) is 0 Å². The van der Waals surface area contributed by atoms with Crippen molar-refractivity contribution in [2.45, 2.75) is 0 Å². The second-order valence-corrected chi connectivity index (χ2v) is 3.27. The van der Waals surface area contributed by atoms with Gasteiger partial charge in [-0.1, -0.05) is 18.2 Å². The summed E-state index contributed by atoms with van der Waals surface area (Å²) in [5.74, 6) is 1.58. The van der Waals surface area contributed by atoms with Gasteiger partial charge >= 0.3 is 0 Å². The first-order valence-corrected chi connectivity index (χ1v) is 5.06. The SMILES string of the molecule is OCNc1ccc(Oc2ccccc2)cc1. The van der Waals surface area contributed by atoms with E-state index in [2.05, 4.69) is 5.32 Å². The van der Waals surface area contributed by atoms with Crippen molar-refractivity contribution in [3.05, 3.63) is 54.6 Å². The fourth-order valence-electron chi connectivity index (χ4n) is 1.36. The minimum atomic E-state index is -0.0705. The van der Waals surface area contributed by atoms with Crippen LogP contribution < -0.4 is 10.1 Å². The summed E-state index contributed by atoms with van der Waals surface area (Å²) < 4.78 is 5.62. The number of anilines is 1. The lowest BCUT2D eigenvalue weighted by Gasteiger charge is -2.06. The van der Waals surface area contributed by atoms with E-state index in [1.54, 1.807) is 0 Å². The third-order valence-corrected chi connectivity index (χ3v) is 2.12. The topological polar surface area (TPSA) is 41.5 Å². The van der Waals surface area contributed by atoms with Crippen LogP contribution in [-0.4, -0.2) is 11.8 Å². The zero-order valence-electron chi connectivity index (χ0n) is 8.76. The quantitative estimate of drug-likeness (QED) is 0.770. The molecule has 2 aromatic rings. The molecule has 0 atom stereocenters. The lowest BCUT2D eigenvalue weighted by molar-refractivity contribution is 0.325. The molecule has 0 aliphatic carbocycles. The van der Waals surface area contributed by atoms with Crippen molar-refractivity contribution in [3.8, 4) is 11.5 Å². The summed E-state index contributed by atoms with van der Waals surface area (Å²) >= 11 is 0. The van der Waals surface area contributed by atoms with E-state index in [9.17, 15) is 0 Å². The standard InChI is InChI=1S/C13H13NO2/c15-10-14-11-6-8-13(9-7-11)16-12-4-2-1-3-5-12/h1-9,14-15H,10H2. The Morgan fingerprint density at radius 2 is 1.50 bits per heavy atom. The number of aliphatic hydroxyl groups is 1. The molecular formula is C13H13NO2. The molecule has 0 spiro atoms. The van der Waals surface area contributed by atoms with Crippen molar-refractivity contribution in [1.29, 1.82) is 0 Å². The summed E-state index contributed by atoms with van der Waals surface area (Å²) in [4.78, 5) is 0. The van der Waals surface area contributed by atoms with E-state index in [0.29, 0.717) is 0 Å². The maximum atomic E-state index is 8.68. The average molecular weight is 215 g/mol. The van der Waals surface area contributed by atoms with Gasteiger partial charge in [-0.25, -0.2) is 0 Å². The Balaban J connectivity index is 2.05. The predicted molar refractivity (Wildman–Crippen MR) is 63.7 cm³/mol. The molecule has 3 nitrogen and oxygen atoms in total. The molecular weight excluding hydrogens is 202 g/mol. The van der Waals surface area contributed by atoms with Crippen LogP contribution in [0, 0.1) is 0 Å². The van der Waals surface area contributed by atoms with Gasteiger partial charge in [0, 0.05) is 5.69 Å². The van der Waals surface area contributed by atoms with Gasteiger partial charge in [0.15, 0.2) is 0 Å². The number of hydrogen-bond donors (Lipinski definition) is 2. The zero-order valence-corrected chi connectivity index (χ0v) is 8.76. The van der Waals surface area contributed by atoms with Gasteiger partial charge in [-0.15, -0.1) is 0 Å². The molecule has 0 saturated heterocycles. The largest absolute Gasteiger partial charge is 0.457 e. The third-order valence-electron chi connectivity index (χ3n) is 2.12. The van der Waals surface area contributed by atoms with Gasteiger partial charge in [-0.2, -0.15) is 0 Å². The molecule has 3 heteroatoms. The molecule has 2 aromatic carbocycles. The summed E-state index contributed by atoms with van der Waals surface area (Å²) in [6.45, 7) is -0.0705. The predicted octanol–water partition coefficient (Wildman–Crippen LogP) is 2.84. The Kier molecular flexibility index (Phi) is 3.41. The normalized spacial score (nSPS) is 9.81. The van der Waals surface area contributed by atoms with Crippen LogP contribution in [-0.2, 0) is 0 Å². The Hall–Kier alpha value is -2.00. The van der Waals surface area contributed by atoms with E-state index in [4.69, 9.17) is 9.84 Å². The highest BCUT2D eigenvalue weighted by atomic mass is 16.5. The van der Waals surface area contributed by atoms with Crippen molar-refractivity contribution in [2.75, 3.05) is 12.0 Å². The van der Waals surface area contributed by atoms with E-state index in [1.165, 1.54) is 0 Å². The molecule has 0 saturated carbocycles. The van der Waals surface area contributed by atoms with Gasteiger partial charge in [-0.05, 0) is 36.4 Å². The van der Waals surface area contributed by atoms with Crippen molar-refractivity contribution in [2.24, 2.45) is 0 Å². The number of nitrogens with one attached hydrogen (secondary N) is 1. The fraction of sp³-hybridized carbons (Fsp3) is 0.0769. The Bertz CT molecular complexity index is 425. The van der Waals surface area contributed by atoms with Crippen LogP contribution in [0.4, 0.5) is 5.69 Å². The molecule has 0 bridgehead atoms. The van der Waals surface area contributed by atoms with E-state index >= 15 is 0 Å². The molecule has 0 aliphatic heterocycles. The minimum absolute atomic E-state index is 0.0705. The molecule has 16 heavy (non-hydrogen) atoms. The van der Waals surface area contributed by atoms with Crippen molar-refractivity contribution < 1.29 is 9.84 Å². The Labute approximate surface area is 94.3 Å². The van der Waals surface area contributed by atoms with Gasteiger partial charge < -0.3 is 15.2 Å². The molecule has 2 N–H and O–H groups in total. The van der Waals surface area contributed by atoms with E-state index < -0.39 is 0 Å². The maximum Gasteiger partial charge on any atom is 0.127 e. The molecule has 0 radical (unpaired) electrons. The number of benzene rings is 2. The van der Waals surface area contributed by atoms with Crippen molar-refractivity contribution >= 4 is 5.69 Å². The van der Waals surface area contributed by atoms with Gasteiger partial charge in [0.1, 0.15) is 18.2 Å². The van der Waals surface area contributed by atoms with E-state index in [1.807, 2.05) is 54.6 Å². The summed E-state index contributed by atoms with van der Waals surface area (Å²) in [6, 6.07) is 17.0. The van der Waals surface area contributed by atoms with Crippen LogP contribution in [0.3, 0.4) is 0 Å². The van der Waals surface area contributed by atoms with Crippen LogP contribution in [0.5, 0.6) is 11.5 Å². The Morgan fingerprint density at radius 3 is 2.12 bits per heavy atom. The van der Waals surface area contributed by atoms with Crippen LogP contribution >= 0.6 is 0 Å². The molecule has 82 valence electrons. The molecule has 0 aromatic heterocycles. The number of ether oxygens (including phenoxy) is 1. The lowest BCUT2D eigenvalue weighted by Crippen LogP contribution is -1.98. The number of para-hydroxylation sites is 1. The summed E-state index contributed by atoms with van der Waals surface area (Å²) in [5.41, 5.74) is 0.864. The lowest BCUT2D eigenvalue weighted by atomic mass is 10.3. The summed E-state index contributed by atoms with van der Waals surface area (Å²) in [6.07, 6.45) is 0. The highest BCUT2D eigenvalue weighted by molar-refractivity contribution is 5.46. The molecule has 0 amide bonds. The van der Waals surface area contributed by atoms with Crippen LogP contribution in [0.15, 0.2) is 54.6 Å². The second kappa shape index (κ2) is 5.19. The first-order valence-electron chi connectivity index (χ1n) is 5.06. The average Bonchev–Trinajstić information content (AvgIpc) is 2.33. The highest BCUT2D eigenvalue weighted by Crippen LogP contribution is 2.22. The highest BCUT2D eigenvalue weighted by Gasteiger charge is 1.96. The second-order valence-electron chi connectivity index (χ2n) is 3.27. The van der Waals surface area contributed by atoms with E-state index in [-0.39, 0.29) is 6.73 Å². The minimum Gasteiger partial charge on any atom is -0.457 e. The number of aliphatic hydroxyl groups excluding tert-OH is 1. The molecule has 0 unspecified atom stereocenters. The van der Waals surface area contributed by atoms with E-state index in [0.717, 1.165) is 17.2 Å². The monoisotopic (exact) mass is 215 g/mol. The summed E-state index contributed by atoms with van der Waals surface area (Å²) in [5, 5.41) is 11.5. The smallest absolute Gasteiger partial charge is 0.127 e. The summed E-state index contributed by atoms with van der Waals surface area (Å²) in [7, 11) is 0. The number of hydrogen-bond acceptors (Lipinski definition) is 3. The fourth-order valence-corrected chi connectivity index (χ4v) is 1.36. The van der Waals surface area contributed by atoms with Gasteiger partial charge in [0.25, 0.3) is 0 Å². The number of rotatable bonds is 4. The van der Waals surface area contributed by atoms with Crippen LogP contribution in [0.2, 0.25) is 0 Å². The first kappa shape index (κ1) is 10.5. The third kappa shape index (κ3) is 2.74. The molecule has 2 rings (SSSR count). The van der Waals surface area contributed by atoms with Crippen molar-refractivity contribution in [3.63, 3.8) is 0 Å². The molecule has 0 fully saturated rings. The maximum absolute atomic E-state index is 8.68. The molecule has 0 heterocycles.